The van der Waals surface area contributed by atoms with Crippen LogP contribution in [0.15, 0.2) is 5.16 Å². The van der Waals surface area contributed by atoms with E-state index in [1.165, 1.54) is 40.0 Å². The van der Waals surface area contributed by atoms with Crippen LogP contribution < -0.4 is 5.32 Å². The van der Waals surface area contributed by atoms with Gasteiger partial charge >= 0.3 is 0 Å². The van der Waals surface area contributed by atoms with E-state index in [0.29, 0.717) is 10.3 Å². The lowest BCUT2D eigenvalue weighted by Crippen LogP contribution is -2.14. The van der Waals surface area contributed by atoms with E-state index >= 15 is 0 Å². The number of anilines is 1. The first-order valence-electron chi connectivity index (χ1n) is 10.5. The molecule has 0 fully saturated rings. The predicted molar refractivity (Wildman–Crippen MR) is 128 cm³/mol. The van der Waals surface area contributed by atoms with E-state index < -0.39 is 0 Å². The van der Waals surface area contributed by atoms with E-state index in [1.807, 2.05) is 29.6 Å². The summed E-state index contributed by atoms with van der Waals surface area (Å²) < 4.78 is 2.04. The third kappa shape index (κ3) is 3.74. The van der Waals surface area contributed by atoms with Crippen molar-refractivity contribution in [3.05, 3.63) is 26.8 Å². The number of hydrogen-bond acceptors (Lipinski definition) is 8. The van der Waals surface area contributed by atoms with Gasteiger partial charge < -0.3 is 5.32 Å². The van der Waals surface area contributed by atoms with Crippen LogP contribution in [0.25, 0.3) is 15.9 Å². The van der Waals surface area contributed by atoms with Gasteiger partial charge in [-0.3, -0.25) is 9.20 Å². The zero-order chi connectivity index (χ0) is 21.7. The van der Waals surface area contributed by atoms with Crippen molar-refractivity contribution in [1.82, 2.24) is 24.6 Å². The molecule has 0 spiro atoms. The number of carbonyl (C=O) groups excluding carboxylic acids is 1. The summed E-state index contributed by atoms with van der Waals surface area (Å²) in [5.74, 6) is 1.81. The first kappa shape index (κ1) is 20.8. The fraction of sp³-hybridized carbons (Fsp3) is 0.476. The van der Waals surface area contributed by atoms with Crippen LogP contribution in [0.5, 0.6) is 0 Å². The average Bonchev–Trinajstić information content (AvgIpc) is 3.40. The maximum atomic E-state index is 12.5. The largest absolute Gasteiger partial charge is 0.301 e. The van der Waals surface area contributed by atoms with Crippen LogP contribution in [0.3, 0.4) is 0 Å². The fourth-order valence-corrected chi connectivity index (χ4v) is 7.00. The molecule has 1 aliphatic carbocycles. The van der Waals surface area contributed by atoms with Crippen molar-refractivity contribution < 1.29 is 4.79 Å². The van der Waals surface area contributed by atoms with Crippen molar-refractivity contribution in [2.75, 3.05) is 11.1 Å². The lowest BCUT2D eigenvalue weighted by atomic mass is 9.89. The van der Waals surface area contributed by atoms with E-state index in [0.717, 1.165) is 57.4 Å². The Hall–Kier alpha value is -2.04. The maximum absolute atomic E-state index is 12.5. The van der Waals surface area contributed by atoms with E-state index in [1.54, 1.807) is 0 Å². The number of rotatable bonds is 5. The second-order valence-electron chi connectivity index (χ2n) is 8.05. The van der Waals surface area contributed by atoms with Crippen molar-refractivity contribution >= 4 is 61.3 Å². The highest BCUT2D eigenvalue weighted by atomic mass is 32.2. The Bertz CT molecular complexity index is 1280. The van der Waals surface area contributed by atoms with Crippen LogP contribution in [0.4, 0.5) is 5.13 Å². The van der Waals surface area contributed by atoms with Gasteiger partial charge in [0.2, 0.25) is 5.91 Å². The number of thiazole rings is 1. The van der Waals surface area contributed by atoms with E-state index in [4.69, 9.17) is 4.98 Å². The summed E-state index contributed by atoms with van der Waals surface area (Å²) in [5.41, 5.74) is 3.23. The summed E-state index contributed by atoms with van der Waals surface area (Å²) in [4.78, 5) is 25.5. The van der Waals surface area contributed by atoms with Crippen LogP contribution >= 0.6 is 34.4 Å². The number of aromatic nitrogens is 5. The second-order valence-corrected chi connectivity index (χ2v) is 11.3. The van der Waals surface area contributed by atoms with Crippen LogP contribution in [-0.2, 0) is 24.1 Å². The molecule has 0 saturated heterocycles. The molecule has 10 heteroatoms. The molecule has 5 rings (SSSR count). The summed E-state index contributed by atoms with van der Waals surface area (Å²) in [6.45, 7) is 8.36. The molecular weight excluding hydrogens is 448 g/mol. The number of amides is 1. The number of thiophene rings is 1. The highest BCUT2D eigenvalue weighted by Gasteiger charge is 2.25. The third-order valence-corrected chi connectivity index (χ3v) is 8.83. The molecule has 1 amide bonds. The Morgan fingerprint density at radius 2 is 2.10 bits per heavy atom. The monoisotopic (exact) mass is 472 g/mol. The highest BCUT2D eigenvalue weighted by Crippen LogP contribution is 2.39. The number of fused-ring (bicyclic) bond motifs is 5. The molecule has 1 aliphatic rings. The summed E-state index contributed by atoms with van der Waals surface area (Å²) in [6.07, 6.45) is 4.17. The maximum Gasteiger partial charge on any atom is 0.236 e. The lowest BCUT2D eigenvalue weighted by molar-refractivity contribution is -0.113. The number of carbonyl (C=O) groups is 1. The van der Waals surface area contributed by atoms with Gasteiger partial charge in [0.05, 0.1) is 16.8 Å². The van der Waals surface area contributed by atoms with Gasteiger partial charge in [-0.1, -0.05) is 25.6 Å². The number of nitrogens with one attached hydrogen (secondary N) is 1. The molecule has 4 aromatic heterocycles. The molecule has 0 aromatic carbocycles. The molecule has 0 unspecified atom stereocenters. The molecule has 7 nitrogen and oxygen atoms in total. The third-order valence-electron chi connectivity index (χ3n) is 5.76. The van der Waals surface area contributed by atoms with Gasteiger partial charge in [0.25, 0.3) is 0 Å². The zero-order valence-electron chi connectivity index (χ0n) is 18.0. The Morgan fingerprint density at radius 3 is 2.84 bits per heavy atom. The first-order valence-corrected chi connectivity index (χ1v) is 13.1. The summed E-state index contributed by atoms with van der Waals surface area (Å²) >= 11 is 4.70. The van der Waals surface area contributed by atoms with Gasteiger partial charge in [-0.05, 0) is 44.6 Å². The highest BCUT2D eigenvalue weighted by molar-refractivity contribution is 7.99. The second kappa shape index (κ2) is 8.14. The quantitative estimate of drug-likeness (QED) is 0.419. The minimum atomic E-state index is -0.0931. The van der Waals surface area contributed by atoms with Gasteiger partial charge in [0.1, 0.15) is 10.7 Å². The van der Waals surface area contributed by atoms with Crippen LogP contribution in [0.1, 0.15) is 47.1 Å². The zero-order valence-corrected chi connectivity index (χ0v) is 20.4. The Morgan fingerprint density at radius 1 is 1.26 bits per heavy atom. The topological polar surface area (TPSA) is 85.1 Å². The molecule has 31 heavy (non-hydrogen) atoms. The molecule has 0 bridgehead atoms. The van der Waals surface area contributed by atoms with Gasteiger partial charge in [-0.2, -0.15) is 0 Å². The van der Waals surface area contributed by atoms with Crippen molar-refractivity contribution in [3.8, 4) is 0 Å². The van der Waals surface area contributed by atoms with Crippen LogP contribution in [0, 0.1) is 19.8 Å². The molecule has 1 N–H and O–H groups in total. The standard InChI is InChI=1S/C21H24N6OS3/c1-5-15-23-19-17(13-7-6-10(2)8-14(13)31-19)18-25-26-21(27(15)18)29-9-16(28)24-20-22-11(3)12(4)30-20/h10H,5-9H2,1-4H3,(H,22,24,28)/t10-/m0/s1. The van der Waals surface area contributed by atoms with Gasteiger partial charge in [0.15, 0.2) is 15.9 Å². The van der Waals surface area contributed by atoms with Crippen molar-refractivity contribution in [2.24, 2.45) is 5.92 Å². The minimum Gasteiger partial charge on any atom is -0.301 e. The number of aryl methyl sites for hydroxylation is 4. The molecule has 162 valence electrons. The van der Waals surface area contributed by atoms with Gasteiger partial charge in [-0.15, -0.1) is 32.9 Å². The van der Waals surface area contributed by atoms with Crippen LogP contribution in [-0.4, -0.2) is 36.2 Å². The van der Waals surface area contributed by atoms with Crippen molar-refractivity contribution in [1.29, 1.82) is 0 Å². The molecular formula is C21H24N6OS3. The Balaban J connectivity index is 1.45. The molecule has 1 atom stereocenters. The van der Waals surface area contributed by atoms with E-state index in [9.17, 15) is 4.79 Å². The predicted octanol–water partition coefficient (Wildman–Crippen LogP) is 4.83. The molecule has 4 aromatic rings. The number of nitrogens with zero attached hydrogens (tertiary/aromatic N) is 5. The van der Waals surface area contributed by atoms with Gasteiger partial charge in [0, 0.05) is 16.2 Å². The molecule has 0 aliphatic heterocycles. The molecule has 0 saturated carbocycles. The summed E-state index contributed by atoms with van der Waals surface area (Å²) in [7, 11) is 0. The molecule has 0 radical (unpaired) electrons. The Labute approximate surface area is 192 Å². The van der Waals surface area contributed by atoms with Crippen molar-refractivity contribution in [3.63, 3.8) is 0 Å². The number of thioether (sulfide) groups is 1. The summed E-state index contributed by atoms with van der Waals surface area (Å²) in [5, 5.41) is 14.4. The lowest BCUT2D eigenvalue weighted by Gasteiger charge is -2.17. The average molecular weight is 473 g/mol. The minimum absolute atomic E-state index is 0.0931. The van der Waals surface area contributed by atoms with Crippen LogP contribution in [0.2, 0.25) is 0 Å². The van der Waals surface area contributed by atoms with E-state index in [-0.39, 0.29) is 11.7 Å². The molecule has 4 heterocycles. The summed E-state index contributed by atoms with van der Waals surface area (Å²) in [6, 6.07) is 0. The SMILES string of the molecule is CCc1nc2sc3c(c2c2nnc(SCC(=O)Nc4nc(C)c(C)s4)n12)CC[C@H](C)C3. The van der Waals surface area contributed by atoms with Gasteiger partial charge in [-0.25, -0.2) is 9.97 Å². The van der Waals surface area contributed by atoms with E-state index in [2.05, 4.69) is 34.3 Å². The fourth-order valence-electron chi connectivity index (χ4n) is 4.02. The first-order chi connectivity index (χ1) is 14.9. The number of hydrogen-bond donors (Lipinski definition) is 1. The smallest absolute Gasteiger partial charge is 0.236 e. The van der Waals surface area contributed by atoms with Crippen molar-refractivity contribution in [2.45, 2.75) is 58.5 Å². The Kier molecular flexibility index (Phi) is 5.47. The normalized spacial score (nSPS) is 16.2.